The highest BCUT2D eigenvalue weighted by atomic mass is 35.5. The molecule has 1 N–H and O–H groups in total. The van der Waals surface area contributed by atoms with Crippen molar-refractivity contribution in [2.24, 2.45) is 0 Å². The largest absolute Gasteiger partial charge is 0.278 e. The molecule has 0 fully saturated rings. The standard InChI is InChI=1S/C17H15Cl2N3O2S/c1-11-17(12(2)22(20-11)14-6-4-3-5-7-14)25(23,24)21-16-10-13(18)8-9-15(16)19/h3-10,21H,1-2H3. The molecule has 3 rings (SSSR count). The topological polar surface area (TPSA) is 64.0 Å². The summed E-state index contributed by atoms with van der Waals surface area (Å²) in [5.41, 5.74) is 1.91. The summed E-state index contributed by atoms with van der Waals surface area (Å²) < 4.78 is 29.9. The van der Waals surface area contributed by atoms with E-state index < -0.39 is 10.0 Å². The third-order valence-electron chi connectivity index (χ3n) is 3.67. The van der Waals surface area contributed by atoms with Gasteiger partial charge in [0.2, 0.25) is 0 Å². The van der Waals surface area contributed by atoms with E-state index in [0.717, 1.165) is 5.69 Å². The van der Waals surface area contributed by atoms with Crippen molar-refractivity contribution in [3.05, 3.63) is 70.0 Å². The van der Waals surface area contributed by atoms with Crippen LogP contribution in [0.5, 0.6) is 0 Å². The Balaban J connectivity index is 2.06. The Hall–Kier alpha value is -2.02. The van der Waals surface area contributed by atoms with E-state index in [1.807, 2.05) is 30.3 Å². The predicted molar refractivity (Wildman–Crippen MR) is 100 cm³/mol. The van der Waals surface area contributed by atoms with Gasteiger partial charge in [-0.3, -0.25) is 4.72 Å². The molecule has 0 bridgehead atoms. The molecule has 5 nitrogen and oxygen atoms in total. The van der Waals surface area contributed by atoms with Gasteiger partial charge in [0.05, 0.1) is 27.8 Å². The van der Waals surface area contributed by atoms with Crippen molar-refractivity contribution >= 4 is 38.9 Å². The summed E-state index contributed by atoms with van der Waals surface area (Å²) in [6.07, 6.45) is 0. The van der Waals surface area contributed by atoms with E-state index in [-0.39, 0.29) is 15.6 Å². The Morgan fingerprint density at radius 1 is 1.04 bits per heavy atom. The molecule has 0 amide bonds. The molecule has 0 aliphatic heterocycles. The van der Waals surface area contributed by atoms with E-state index in [0.29, 0.717) is 16.4 Å². The molecule has 0 saturated carbocycles. The number of anilines is 1. The molecule has 0 saturated heterocycles. The summed E-state index contributed by atoms with van der Waals surface area (Å²) in [6, 6.07) is 13.9. The minimum absolute atomic E-state index is 0.118. The van der Waals surface area contributed by atoms with E-state index in [2.05, 4.69) is 9.82 Å². The molecule has 0 radical (unpaired) electrons. The van der Waals surface area contributed by atoms with E-state index >= 15 is 0 Å². The lowest BCUT2D eigenvalue weighted by Crippen LogP contribution is -2.15. The summed E-state index contributed by atoms with van der Waals surface area (Å²) >= 11 is 12.0. The summed E-state index contributed by atoms with van der Waals surface area (Å²) in [5, 5.41) is 5.01. The molecule has 0 aliphatic carbocycles. The predicted octanol–water partition coefficient (Wildman–Crippen LogP) is 4.60. The number of aromatic nitrogens is 2. The number of hydrogen-bond donors (Lipinski definition) is 1. The number of nitrogens with one attached hydrogen (secondary N) is 1. The van der Waals surface area contributed by atoms with Crippen molar-refractivity contribution in [3.63, 3.8) is 0 Å². The minimum atomic E-state index is -3.88. The Labute approximate surface area is 156 Å². The molecule has 1 heterocycles. The lowest BCUT2D eigenvalue weighted by Gasteiger charge is -2.10. The number of sulfonamides is 1. The second-order valence-electron chi connectivity index (χ2n) is 5.48. The molecule has 0 atom stereocenters. The molecular weight excluding hydrogens is 381 g/mol. The van der Waals surface area contributed by atoms with Crippen LogP contribution in [-0.4, -0.2) is 18.2 Å². The van der Waals surface area contributed by atoms with E-state index in [1.165, 1.54) is 12.1 Å². The fourth-order valence-corrected chi connectivity index (χ4v) is 4.47. The van der Waals surface area contributed by atoms with Crippen molar-refractivity contribution in [3.8, 4) is 5.69 Å². The van der Waals surface area contributed by atoms with Gasteiger partial charge in [0.1, 0.15) is 4.90 Å². The van der Waals surface area contributed by atoms with Crippen molar-refractivity contribution in [1.29, 1.82) is 0 Å². The van der Waals surface area contributed by atoms with Gasteiger partial charge in [0.25, 0.3) is 10.0 Å². The number of hydrogen-bond acceptors (Lipinski definition) is 3. The Morgan fingerprint density at radius 2 is 1.72 bits per heavy atom. The molecule has 130 valence electrons. The van der Waals surface area contributed by atoms with Crippen LogP contribution in [0, 0.1) is 13.8 Å². The molecule has 0 spiro atoms. The van der Waals surface area contributed by atoms with Gasteiger partial charge >= 0.3 is 0 Å². The van der Waals surface area contributed by atoms with Crippen molar-refractivity contribution in [2.45, 2.75) is 18.7 Å². The fourth-order valence-electron chi connectivity index (χ4n) is 2.61. The number of benzene rings is 2. The van der Waals surface area contributed by atoms with Gasteiger partial charge in [-0.15, -0.1) is 0 Å². The van der Waals surface area contributed by atoms with Gasteiger partial charge in [0.15, 0.2) is 0 Å². The van der Waals surface area contributed by atoms with E-state index in [4.69, 9.17) is 23.2 Å². The zero-order valence-electron chi connectivity index (χ0n) is 13.5. The van der Waals surface area contributed by atoms with Crippen LogP contribution in [0.25, 0.3) is 5.69 Å². The van der Waals surface area contributed by atoms with Crippen LogP contribution >= 0.6 is 23.2 Å². The highest BCUT2D eigenvalue weighted by Crippen LogP contribution is 2.30. The summed E-state index contributed by atoms with van der Waals surface area (Å²) in [7, 11) is -3.88. The van der Waals surface area contributed by atoms with Gasteiger partial charge < -0.3 is 0 Å². The maximum atomic E-state index is 12.9. The number of para-hydroxylation sites is 1. The summed E-state index contributed by atoms with van der Waals surface area (Å²) in [5.74, 6) is 0. The third kappa shape index (κ3) is 3.51. The second kappa shape index (κ2) is 6.71. The zero-order valence-corrected chi connectivity index (χ0v) is 15.8. The van der Waals surface area contributed by atoms with Gasteiger partial charge in [0, 0.05) is 5.02 Å². The zero-order chi connectivity index (χ0) is 18.2. The van der Waals surface area contributed by atoms with Crippen molar-refractivity contribution in [2.75, 3.05) is 4.72 Å². The number of nitrogens with zero attached hydrogens (tertiary/aromatic N) is 2. The molecule has 0 aliphatic rings. The summed E-state index contributed by atoms with van der Waals surface area (Å²) in [6.45, 7) is 3.36. The lowest BCUT2D eigenvalue weighted by molar-refractivity contribution is 0.600. The van der Waals surface area contributed by atoms with Crippen molar-refractivity contribution in [1.82, 2.24) is 9.78 Å². The molecule has 8 heteroatoms. The molecule has 1 aromatic heterocycles. The van der Waals surface area contributed by atoms with Gasteiger partial charge in [-0.25, -0.2) is 13.1 Å². The number of halogens is 2. The van der Waals surface area contributed by atoms with Crippen LogP contribution in [0.3, 0.4) is 0 Å². The lowest BCUT2D eigenvalue weighted by atomic mass is 10.3. The summed E-state index contributed by atoms with van der Waals surface area (Å²) in [4.78, 5) is 0.118. The van der Waals surface area contributed by atoms with Crippen LogP contribution in [-0.2, 0) is 10.0 Å². The Morgan fingerprint density at radius 3 is 2.40 bits per heavy atom. The molecule has 0 unspecified atom stereocenters. The molecule has 2 aromatic carbocycles. The average molecular weight is 396 g/mol. The normalized spacial score (nSPS) is 11.5. The van der Waals surface area contributed by atoms with E-state index in [1.54, 1.807) is 24.6 Å². The highest BCUT2D eigenvalue weighted by molar-refractivity contribution is 7.92. The highest BCUT2D eigenvalue weighted by Gasteiger charge is 2.26. The van der Waals surface area contributed by atoms with Gasteiger partial charge in [-0.2, -0.15) is 5.10 Å². The van der Waals surface area contributed by atoms with Crippen molar-refractivity contribution < 1.29 is 8.42 Å². The monoisotopic (exact) mass is 395 g/mol. The average Bonchev–Trinajstić information content (AvgIpc) is 2.87. The first-order valence-corrected chi connectivity index (χ1v) is 9.63. The minimum Gasteiger partial charge on any atom is -0.278 e. The Kier molecular flexibility index (Phi) is 4.77. The van der Waals surface area contributed by atoms with Gasteiger partial charge in [-0.1, -0.05) is 41.4 Å². The van der Waals surface area contributed by atoms with Gasteiger partial charge in [-0.05, 0) is 44.2 Å². The Bertz CT molecular complexity index is 1030. The first-order valence-electron chi connectivity index (χ1n) is 7.39. The van der Waals surface area contributed by atoms with E-state index in [9.17, 15) is 8.42 Å². The SMILES string of the molecule is Cc1nn(-c2ccccc2)c(C)c1S(=O)(=O)Nc1cc(Cl)ccc1Cl. The number of rotatable bonds is 4. The van der Waals surface area contributed by atoms with Crippen LogP contribution < -0.4 is 4.72 Å². The quantitative estimate of drug-likeness (QED) is 0.701. The van der Waals surface area contributed by atoms with Crippen LogP contribution in [0.2, 0.25) is 10.0 Å². The molecule has 25 heavy (non-hydrogen) atoms. The van der Waals surface area contributed by atoms with Crippen LogP contribution in [0.15, 0.2) is 53.4 Å². The smallest absolute Gasteiger partial charge is 0.265 e. The molecular formula is C17H15Cl2N3O2S. The maximum absolute atomic E-state index is 12.9. The van der Waals surface area contributed by atoms with Crippen LogP contribution in [0.4, 0.5) is 5.69 Å². The fraction of sp³-hybridized carbons (Fsp3) is 0.118. The number of aryl methyl sites for hydroxylation is 1. The first-order chi connectivity index (χ1) is 11.8. The maximum Gasteiger partial charge on any atom is 0.265 e. The molecule has 3 aromatic rings. The first kappa shape index (κ1) is 17.8. The second-order valence-corrected chi connectivity index (χ2v) is 7.94. The van der Waals surface area contributed by atoms with Crippen LogP contribution in [0.1, 0.15) is 11.4 Å². The third-order valence-corrected chi connectivity index (χ3v) is 5.85.